The van der Waals surface area contributed by atoms with Crippen molar-refractivity contribution in [2.75, 3.05) is 51.8 Å². The Hall–Kier alpha value is -2.61. The second-order valence-electron chi connectivity index (χ2n) is 6.91. The van der Waals surface area contributed by atoms with Gasteiger partial charge < -0.3 is 14.8 Å². The average Bonchev–Trinajstić information content (AvgIpc) is 2.77. The Morgan fingerprint density at radius 1 is 1.23 bits per heavy atom. The molecule has 0 atom stereocenters. The topological polar surface area (TPSA) is 75.2 Å². The molecule has 2 N–H and O–H groups in total. The minimum Gasteiger partial charge on any atom is -0.497 e. The highest BCUT2D eigenvalue weighted by Crippen LogP contribution is 2.23. The smallest absolute Gasteiger partial charge is 0.258 e. The predicted octanol–water partition coefficient (Wildman–Crippen LogP) is 3.19. The number of aliphatic imine (C=N–C) groups is 1. The van der Waals surface area contributed by atoms with E-state index in [0.29, 0.717) is 28.8 Å². The third-order valence-electron chi connectivity index (χ3n) is 4.87. The number of amides is 1. The van der Waals surface area contributed by atoms with E-state index in [1.54, 1.807) is 31.4 Å². The number of morpholine rings is 1. The van der Waals surface area contributed by atoms with Crippen molar-refractivity contribution in [3.8, 4) is 5.75 Å². The van der Waals surface area contributed by atoms with Gasteiger partial charge in [0.05, 0.1) is 26.9 Å². The number of ether oxygens (including phenoxy) is 2. The number of hydrogen-bond donors (Lipinski definition) is 2. The molecule has 1 aliphatic rings. The molecule has 2 aromatic rings. The zero-order valence-electron chi connectivity index (χ0n) is 17.3. The fourth-order valence-corrected chi connectivity index (χ4v) is 3.23. The van der Waals surface area contributed by atoms with Crippen molar-refractivity contribution in [2.45, 2.75) is 6.92 Å². The van der Waals surface area contributed by atoms with Crippen molar-refractivity contribution < 1.29 is 14.3 Å². The summed E-state index contributed by atoms with van der Waals surface area (Å²) in [6.45, 7) is 6.51. The first-order chi connectivity index (χ1) is 14.6. The van der Waals surface area contributed by atoms with Gasteiger partial charge in [0.25, 0.3) is 5.91 Å². The van der Waals surface area contributed by atoms with Gasteiger partial charge in [-0.1, -0.05) is 23.7 Å². The van der Waals surface area contributed by atoms with Crippen LogP contribution in [-0.4, -0.2) is 63.3 Å². The summed E-state index contributed by atoms with van der Waals surface area (Å²) in [5, 5.41) is 6.74. The maximum atomic E-state index is 12.8. The van der Waals surface area contributed by atoms with Crippen molar-refractivity contribution >= 4 is 29.2 Å². The van der Waals surface area contributed by atoms with Gasteiger partial charge in [-0.05, 0) is 42.8 Å². The number of methoxy groups -OCH3 is 1. The van der Waals surface area contributed by atoms with Crippen LogP contribution in [0.2, 0.25) is 5.02 Å². The fraction of sp³-hybridized carbons (Fsp3) is 0.364. The number of guanidine groups is 1. The van der Waals surface area contributed by atoms with Crippen molar-refractivity contribution in [1.29, 1.82) is 0 Å². The van der Waals surface area contributed by atoms with E-state index in [1.807, 2.05) is 25.1 Å². The van der Waals surface area contributed by atoms with Gasteiger partial charge in [-0.3, -0.25) is 20.0 Å². The summed E-state index contributed by atoms with van der Waals surface area (Å²) in [7, 11) is 1.57. The van der Waals surface area contributed by atoms with E-state index >= 15 is 0 Å². The lowest BCUT2D eigenvalue weighted by Gasteiger charge is -2.25. The maximum Gasteiger partial charge on any atom is 0.258 e. The van der Waals surface area contributed by atoms with E-state index in [2.05, 4.69) is 20.5 Å². The normalized spacial score (nSPS) is 15.0. The number of benzene rings is 2. The Labute approximate surface area is 182 Å². The number of halogens is 1. The number of rotatable bonds is 6. The highest BCUT2D eigenvalue weighted by atomic mass is 35.5. The molecule has 2 aromatic carbocycles. The van der Waals surface area contributed by atoms with Gasteiger partial charge in [0.2, 0.25) is 5.96 Å². The maximum absolute atomic E-state index is 12.8. The molecule has 0 bridgehead atoms. The van der Waals surface area contributed by atoms with Crippen molar-refractivity contribution in [1.82, 2.24) is 10.2 Å². The van der Waals surface area contributed by atoms with E-state index in [4.69, 9.17) is 21.1 Å². The highest BCUT2D eigenvalue weighted by Gasteiger charge is 2.13. The zero-order valence-corrected chi connectivity index (χ0v) is 18.0. The number of anilines is 1. The van der Waals surface area contributed by atoms with Gasteiger partial charge in [0.15, 0.2) is 0 Å². The molecule has 0 spiro atoms. The van der Waals surface area contributed by atoms with Crippen LogP contribution in [0.4, 0.5) is 5.69 Å². The summed E-state index contributed by atoms with van der Waals surface area (Å²) < 4.78 is 10.6. The van der Waals surface area contributed by atoms with Crippen LogP contribution < -0.4 is 15.4 Å². The highest BCUT2D eigenvalue weighted by molar-refractivity contribution is 6.31. The lowest BCUT2D eigenvalue weighted by Crippen LogP contribution is -2.39. The summed E-state index contributed by atoms with van der Waals surface area (Å²) in [6, 6.07) is 12.6. The van der Waals surface area contributed by atoms with Crippen LogP contribution in [0.15, 0.2) is 47.5 Å². The Kier molecular flexibility index (Phi) is 8.07. The molecule has 0 aliphatic carbocycles. The molecule has 1 heterocycles. The second-order valence-corrected chi connectivity index (χ2v) is 7.32. The minimum atomic E-state index is -0.272. The predicted molar refractivity (Wildman–Crippen MR) is 120 cm³/mol. The lowest BCUT2D eigenvalue weighted by atomic mass is 10.2. The summed E-state index contributed by atoms with van der Waals surface area (Å²) in [5.74, 6) is 0.722. The molecule has 30 heavy (non-hydrogen) atoms. The van der Waals surface area contributed by atoms with Gasteiger partial charge in [-0.15, -0.1) is 0 Å². The largest absolute Gasteiger partial charge is 0.497 e. The molecular weight excluding hydrogens is 404 g/mol. The second kappa shape index (κ2) is 11.0. The first-order valence-corrected chi connectivity index (χ1v) is 10.3. The Balaban J connectivity index is 1.74. The van der Waals surface area contributed by atoms with Crippen LogP contribution in [0, 0.1) is 6.92 Å². The Morgan fingerprint density at radius 2 is 2.00 bits per heavy atom. The molecule has 0 saturated carbocycles. The quantitative estimate of drug-likeness (QED) is 0.543. The molecule has 0 unspecified atom stereocenters. The lowest BCUT2D eigenvalue weighted by molar-refractivity contribution is 0.0394. The molecule has 0 radical (unpaired) electrons. The molecule has 8 heteroatoms. The SMILES string of the molecule is COc1cccc(C(=O)NC(=NCCN2CCOCC2)Nc2cccc(Cl)c2C)c1. The Morgan fingerprint density at radius 3 is 2.77 bits per heavy atom. The number of nitrogens with zero attached hydrogens (tertiary/aromatic N) is 2. The van der Waals surface area contributed by atoms with Crippen molar-refractivity contribution in [3.05, 3.63) is 58.6 Å². The van der Waals surface area contributed by atoms with Crippen LogP contribution in [0.5, 0.6) is 5.75 Å². The molecule has 160 valence electrons. The summed E-state index contributed by atoms with van der Waals surface area (Å²) in [6.07, 6.45) is 0. The summed E-state index contributed by atoms with van der Waals surface area (Å²) in [5.41, 5.74) is 2.16. The fourth-order valence-electron chi connectivity index (χ4n) is 3.05. The molecule has 1 saturated heterocycles. The number of carbonyl (C=O) groups is 1. The van der Waals surface area contributed by atoms with Crippen LogP contribution in [0.25, 0.3) is 0 Å². The van der Waals surface area contributed by atoms with Crippen LogP contribution in [0.1, 0.15) is 15.9 Å². The molecule has 7 nitrogen and oxygen atoms in total. The van der Waals surface area contributed by atoms with Gasteiger partial charge in [0.1, 0.15) is 5.75 Å². The van der Waals surface area contributed by atoms with Gasteiger partial charge >= 0.3 is 0 Å². The van der Waals surface area contributed by atoms with E-state index in [-0.39, 0.29) is 5.91 Å². The molecule has 1 aliphatic heterocycles. The molecule has 1 fully saturated rings. The van der Waals surface area contributed by atoms with Gasteiger partial charge in [-0.25, -0.2) is 0 Å². The first kappa shape index (κ1) is 22.1. The molecule has 0 aromatic heterocycles. The third-order valence-corrected chi connectivity index (χ3v) is 5.28. The van der Waals surface area contributed by atoms with E-state index in [0.717, 1.165) is 44.1 Å². The van der Waals surface area contributed by atoms with E-state index in [9.17, 15) is 4.79 Å². The van der Waals surface area contributed by atoms with Crippen LogP contribution >= 0.6 is 11.6 Å². The van der Waals surface area contributed by atoms with Gasteiger partial charge in [-0.2, -0.15) is 0 Å². The molecule has 3 rings (SSSR count). The number of nitrogens with one attached hydrogen (secondary N) is 2. The summed E-state index contributed by atoms with van der Waals surface area (Å²) >= 11 is 6.24. The number of carbonyl (C=O) groups excluding carboxylic acids is 1. The monoisotopic (exact) mass is 430 g/mol. The number of hydrogen-bond acceptors (Lipinski definition) is 5. The van der Waals surface area contributed by atoms with Crippen molar-refractivity contribution in [2.24, 2.45) is 4.99 Å². The third kappa shape index (κ3) is 6.19. The standard InChI is InChI=1S/C22H27ClN4O3/c1-16-19(23)7-4-8-20(16)25-22(24-9-10-27-11-13-30-14-12-27)26-21(28)17-5-3-6-18(15-17)29-2/h3-8,15H,9-14H2,1-2H3,(H2,24,25,26,28). The van der Waals surface area contributed by atoms with Gasteiger partial charge in [0, 0.05) is 35.9 Å². The summed E-state index contributed by atoms with van der Waals surface area (Å²) in [4.78, 5) is 19.7. The molecule has 1 amide bonds. The average molecular weight is 431 g/mol. The van der Waals surface area contributed by atoms with E-state index in [1.165, 1.54) is 0 Å². The van der Waals surface area contributed by atoms with E-state index < -0.39 is 0 Å². The van der Waals surface area contributed by atoms with Crippen LogP contribution in [-0.2, 0) is 4.74 Å². The minimum absolute atomic E-state index is 0.272. The zero-order chi connectivity index (χ0) is 21.3. The van der Waals surface area contributed by atoms with Crippen molar-refractivity contribution in [3.63, 3.8) is 0 Å². The van der Waals surface area contributed by atoms with Crippen LogP contribution in [0.3, 0.4) is 0 Å². The Bertz CT molecular complexity index is 898. The first-order valence-electron chi connectivity index (χ1n) is 9.89. The molecular formula is C22H27ClN4O3.